The van der Waals surface area contributed by atoms with Crippen molar-refractivity contribution in [3.63, 3.8) is 0 Å². The van der Waals surface area contributed by atoms with Gasteiger partial charge in [0.15, 0.2) is 17.5 Å². The number of hydrogen-bond donors (Lipinski definition) is 1. The van der Waals surface area contributed by atoms with Crippen LogP contribution in [0.5, 0.6) is 0 Å². The fraction of sp³-hybridized carbons (Fsp3) is 0. The largest absolute Gasteiger partial charge is 0.204 e. The van der Waals surface area contributed by atoms with Gasteiger partial charge in [0.25, 0.3) is 0 Å². The van der Waals surface area contributed by atoms with Gasteiger partial charge in [-0.3, -0.25) is 0 Å². The minimum atomic E-state index is -1.32. The molecule has 1 aromatic rings. The van der Waals surface area contributed by atoms with Gasteiger partial charge in [0, 0.05) is 0 Å². The normalized spacial score (nSPS) is 10.3. The van der Waals surface area contributed by atoms with Crippen molar-refractivity contribution in [1.29, 1.82) is 0 Å². The first kappa shape index (κ1) is 8.74. The van der Waals surface area contributed by atoms with Crippen molar-refractivity contribution in [2.24, 2.45) is 0 Å². The first-order valence-corrected chi connectivity index (χ1v) is 3.38. The van der Waals surface area contributed by atoms with E-state index in [9.17, 15) is 13.2 Å². The molecule has 0 saturated carbocycles. The van der Waals surface area contributed by atoms with Gasteiger partial charge in [-0.05, 0) is 6.07 Å². The zero-order valence-electron chi connectivity index (χ0n) is 5.04. The monoisotopic (exact) mass is 198 g/mol. The molecular formula is C6H2ClF3S. The second-order valence-electron chi connectivity index (χ2n) is 1.82. The first-order chi connectivity index (χ1) is 5.04. The van der Waals surface area contributed by atoms with Crippen LogP contribution in [-0.4, -0.2) is 0 Å². The predicted molar refractivity (Wildman–Crippen MR) is 38.6 cm³/mol. The highest BCUT2D eigenvalue weighted by atomic mass is 35.5. The predicted octanol–water partition coefficient (Wildman–Crippen LogP) is 3.05. The minimum absolute atomic E-state index is 0.478. The molecule has 0 amide bonds. The van der Waals surface area contributed by atoms with Gasteiger partial charge in [-0.2, -0.15) is 0 Å². The molecule has 0 fully saturated rings. The van der Waals surface area contributed by atoms with E-state index >= 15 is 0 Å². The van der Waals surface area contributed by atoms with Crippen molar-refractivity contribution in [2.75, 3.05) is 0 Å². The Labute approximate surface area is 71.4 Å². The Kier molecular flexibility index (Phi) is 2.34. The molecule has 11 heavy (non-hydrogen) atoms. The average Bonchev–Trinajstić information content (AvgIpc) is 1.97. The third kappa shape index (κ3) is 1.46. The van der Waals surface area contributed by atoms with Crippen LogP contribution in [0, 0.1) is 17.5 Å². The van der Waals surface area contributed by atoms with Gasteiger partial charge in [0.2, 0.25) is 0 Å². The molecule has 0 aromatic heterocycles. The highest BCUT2D eigenvalue weighted by molar-refractivity contribution is 7.80. The minimum Gasteiger partial charge on any atom is -0.204 e. The number of rotatable bonds is 0. The van der Waals surface area contributed by atoms with Gasteiger partial charge in [-0.1, -0.05) is 11.6 Å². The smallest absolute Gasteiger partial charge is 0.175 e. The SMILES string of the molecule is Fc1cc(Cl)c(F)c(S)c1F. The molecule has 0 saturated heterocycles. The van der Waals surface area contributed by atoms with E-state index in [1.54, 1.807) is 0 Å². The summed E-state index contributed by atoms with van der Waals surface area (Å²) in [4.78, 5) is -0.699. The maximum Gasteiger partial charge on any atom is 0.175 e. The van der Waals surface area contributed by atoms with E-state index < -0.39 is 27.4 Å². The molecule has 0 aliphatic heterocycles. The molecule has 1 aromatic carbocycles. The van der Waals surface area contributed by atoms with Gasteiger partial charge in [0.05, 0.1) is 9.92 Å². The van der Waals surface area contributed by atoms with Crippen LogP contribution in [0.2, 0.25) is 5.02 Å². The van der Waals surface area contributed by atoms with E-state index in [-0.39, 0.29) is 0 Å². The van der Waals surface area contributed by atoms with Gasteiger partial charge >= 0.3 is 0 Å². The molecule has 0 aliphatic carbocycles. The summed E-state index contributed by atoms with van der Waals surface area (Å²) in [5.41, 5.74) is 0. The van der Waals surface area contributed by atoms with E-state index in [0.717, 1.165) is 0 Å². The molecule has 1 rings (SSSR count). The molecule has 0 atom stereocenters. The second-order valence-corrected chi connectivity index (χ2v) is 2.67. The zero-order valence-corrected chi connectivity index (χ0v) is 6.69. The maximum atomic E-state index is 12.6. The van der Waals surface area contributed by atoms with E-state index in [2.05, 4.69) is 12.6 Å². The van der Waals surface area contributed by atoms with E-state index in [1.165, 1.54) is 0 Å². The summed E-state index contributed by atoms with van der Waals surface area (Å²) < 4.78 is 37.3. The maximum absolute atomic E-state index is 12.6. The third-order valence-electron chi connectivity index (χ3n) is 1.09. The Hall–Kier alpha value is -0.350. The van der Waals surface area contributed by atoms with Gasteiger partial charge in [0.1, 0.15) is 0 Å². The lowest BCUT2D eigenvalue weighted by Crippen LogP contribution is -1.91. The van der Waals surface area contributed by atoms with Gasteiger partial charge in [-0.15, -0.1) is 12.6 Å². The highest BCUT2D eigenvalue weighted by Gasteiger charge is 2.14. The number of benzene rings is 1. The van der Waals surface area contributed by atoms with Crippen LogP contribution in [0.1, 0.15) is 0 Å². The van der Waals surface area contributed by atoms with Crippen LogP contribution in [0.25, 0.3) is 0 Å². The lowest BCUT2D eigenvalue weighted by molar-refractivity contribution is 0.468. The Balaban J connectivity index is 3.46. The van der Waals surface area contributed by atoms with Crippen molar-refractivity contribution < 1.29 is 13.2 Å². The Morgan fingerprint density at radius 1 is 1.18 bits per heavy atom. The molecule has 0 unspecified atom stereocenters. The van der Waals surface area contributed by atoms with Crippen molar-refractivity contribution in [3.05, 3.63) is 28.5 Å². The van der Waals surface area contributed by atoms with Crippen molar-refractivity contribution in [2.45, 2.75) is 4.90 Å². The molecular weight excluding hydrogens is 197 g/mol. The lowest BCUT2D eigenvalue weighted by atomic mass is 10.3. The zero-order chi connectivity index (χ0) is 8.59. The molecule has 0 spiro atoms. The van der Waals surface area contributed by atoms with E-state index in [0.29, 0.717) is 6.07 Å². The van der Waals surface area contributed by atoms with E-state index in [4.69, 9.17) is 11.6 Å². The Morgan fingerprint density at radius 3 is 2.27 bits per heavy atom. The standard InChI is InChI=1S/C6H2ClF3S/c7-2-1-3(8)5(10)6(11)4(2)9/h1,11H. The van der Waals surface area contributed by atoms with Gasteiger partial charge in [-0.25, -0.2) is 13.2 Å². The first-order valence-electron chi connectivity index (χ1n) is 2.56. The van der Waals surface area contributed by atoms with Crippen LogP contribution in [0.4, 0.5) is 13.2 Å². The van der Waals surface area contributed by atoms with E-state index in [1.807, 2.05) is 0 Å². The van der Waals surface area contributed by atoms with Crippen molar-refractivity contribution in [1.82, 2.24) is 0 Å². The molecule has 60 valence electrons. The number of halogens is 4. The van der Waals surface area contributed by atoms with Crippen molar-refractivity contribution >= 4 is 24.2 Å². The molecule has 0 radical (unpaired) electrons. The van der Waals surface area contributed by atoms with Crippen LogP contribution in [0.15, 0.2) is 11.0 Å². The molecule has 5 heteroatoms. The van der Waals surface area contributed by atoms with Crippen LogP contribution >= 0.6 is 24.2 Å². The summed E-state index contributed by atoms with van der Waals surface area (Å²) in [6, 6.07) is 0.561. The van der Waals surface area contributed by atoms with Crippen molar-refractivity contribution in [3.8, 4) is 0 Å². The van der Waals surface area contributed by atoms with Crippen LogP contribution < -0.4 is 0 Å². The molecule has 0 nitrogen and oxygen atoms in total. The molecule has 0 N–H and O–H groups in total. The molecule has 0 heterocycles. The average molecular weight is 199 g/mol. The van der Waals surface area contributed by atoms with Crippen LogP contribution in [-0.2, 0) is 0 Å². The summed E-state index contributed by atoms with van der Waals surface area (Å²) in [5, 5.41) is -0.478. The second kappa shape index (κ2) is 2.95. The number of thiol groups is 1. The van der Waals surface area contributed by atoms with Gasteiger partial charge < -0.3 is 0 Å². The fourth-order valence-corrected chi connectivity index (χ4v) is 1.04. The topological polar surface area (TPSA) is 0 Å². The lowest BCUT2D eigenvalue weighted by Gasteiger charge is -1.99. The summed E-state index contributed by atoms with van der Waals surface area (Å²) in [6.45, 7) is 0. The molecule has 0 aliphatic rings. The fourth-order valence-electron chi connectivity index (χ4n) is 0.561. The summed E-state index contributed by atoms with van der Waals surface area (Å²) in [7, 11) is 0. The Bertz CT molecular complexity index is 274. The quantitative estimate of drug-likeness (QED) is 0.481. The molecule has 0 bridgehead atoms. The number of hydrogen-bond acceptors (Lipinski definition) is 1. The van der Waals surface area contributed by atoms with Crippen LogP contribution in [0.3, 0.4) is 0 Å². The third-order valence-corrected chi connectivity index (χ3v) is 1.76. The Morgan fingerprint density at radius 2 is 1.73 bits per heavy atom. The summed E-state index contributed by atoms with van der Waals surface area (Å²) >= 11 is 8.54. The summed E-state index contributed by atoms with van der Waals surface area (Å²) in [5.74, 6) is -3.58. The highest BCUT2D eigenvalue weighted by Crippen LogP contribution is 2.25. The summed E-state index contributed by atoms with van der Waals surface area (Å²) in [6.07, 6.45) is 0.